The number of aliphatic hydroxyl groups is 1. The number of carbonyl (C=O) groups excluding carboxylic acids is 1. The minimum atomic E-state index is -0.0153. The van der Waals surface area contributed by atoms with E-state index in [9.17, 15) is 4.79 Å². The normalized spacial score (nSPS) is 21.7. The molecule has 0 spiro atoms. The Bertz CT molecular complexity index is 601. The van der Waals surface area contributed by atoms with Crippen molar-refractivity contribution in [3.8, 4) is 10.8 Å². The molecule has 0 radical (unpaired) electrons. The third-order valence-electron chi connectivity index (χ3n) is 4.10. The number of aliphatic hydroxyl groups excluding tert-OH is 1. The lowest BCUT2D eigenvalue weighted by Gasteiger charge is -2.27. The van der Waals surface area contributed by atoms with Crippen LogP contribution in [-0.4, -0.2) is 28.6 Å². The topological polar surface area (TPSA) is 75.4 Å². The summed E-state index contributed by atoms with van der Waals surface area (Å²) < 4.78 is 5.42. The van der Waals surface area contributed by atoms with Crippen LogP contribution in [0.1, 0.15) is 31.4 Å². The number of hydrogen-bond donors (Lipinski definition) is 2. The summed E-state index contributed by atoms with van der Waals surface area (Å²) in [6.45, 7) is 0.255. The Labute approximate surface area is 133 Å². The first-order chi connectivity index (χ1) is 10.7. The van der Waals surface area contributed by atoms with Gasteiger partial charge >= 0.3 is 0 Å². The van der Waals surface area contributed by atoms with Crippen LogP contribution >= 0.6 is 11.3 Å². The van der Waals surface area contributed by atoms with Crippen LogP contribution in [0, 0.1) is 5.92 Å². The maximum Gasteiger partial charge on any atom is 0.236 e. The SMILES string of the molecule is O=C(Cc1coc(-c2cccs2)n1)NC1CCC(CO)CC1. The van der Waals surface area contributed by atoms with Gasteiger partial charge in [-0.15, -0.1) is 11.3 Å². The summed E-state index contributed by atoms with van der Waals surface area (Å²) in [5.74, 6) is 0.955. The highest BCUT2D eigenvalue weighted by molar-refractivity contribution is 7.13. The molecular weight excluding hydrogens is 300 g/mol. The van der Waals surface area contributed by atoms with Gasteiger partial charge in [-0.2, -0.15) is 0 Å². The van der Waals surface area contributed by atoms with Crippen molar-refractivity contribution < 1.29 is 14.3 Å². The minimum absolute atomic E-state index is 0.0153. The Kier molecular flexibility index (Phi) is 4.90. The molecule has 0 aromatic carbocycles. The second-order valence-corrected chi connectivity index (χ2v) is 6.71. The van der Waals surface area contributed by atoms with Gasteiger partial charge in [0, 0.05) is 12.6 Å². The fourth-order valence-electron chi connectivity index (χ4n) is 2.83. The largest absolute Gasteiger partial charge is 0.444 e. The molecular formula is C16H20N2O3S. The van der Waals surface area contributed by atoms with Gasteiger partial charge in [0.2, 0.25) is 11.8 Å². The summed E-state index contributed by atoms with van der Waals surface area (Å²) in [5, 5.41) is 14.2. The van der Waals surface area contributed by atoms with Gasteiger partial charge in [0.1, 0.15) is 6.26 Å². The van der Waals surface area contributed by atoms with Crippen LogP contribution in [0.15, 0.2) is 28.2 Å². The first-order valence-corrected chi connectivity index (χ1v) is 8.51. The van der Waals surface area contributed by atoms with Crippen molar-refractivity contribution in [2.75, 3.05) is 6.61 Å². The smallest absolute Gasteiger partial charge is 0.236 e. The van der Waals surface area contributed by atoms with Crippen LogP contribution in [0.4, 0.5) is 0 Å². The average Bonchev–Trinajstić information content (AvgIpc) is 3.19. The number of amides is 1. The molecule has 1 aliphatic carbocycles. The fraction of sp³-hybridized carbons (Fsp3) is 0.500. The van der Waals surface area contributed by atoms with Gasteiger partial charge in [-0.25, -0.2) is 4.98 Å². The zero-order chi connectivity index (χ0) is 15.4. The third-order valence-corrected chi connectivity index (χ3v) is 4.95. The maximum atomic E-state index is 12.1. The second-order valence-electron chi connectivity index (χ2n) is 5.77. The monoisotopic (exact) mass is 320 g/mol. The zero-order valence-electron chi connectivity index (χ0n) is 12.3. The molecule has 5 nitrogen and oxygen atoms in total. The summed E-state index contributed by atoms with van der Waals surface area (Å²) in [6, 6.07) is 4.11. The first kappa shape index (κ1) is 15.2. The van der Waals surface area contributed by atoms with Crippen molar-refractivity contribution >= 4 is 17.2 Å². The number of hydrogen-bond acceptors (Lipinski definition) is 5. The van der Waals surface area contributed by atoms with Gasteiger partial charge in [-0.05, 0) is 43.0 Å². The van der Waals surface area contributed by atoms with Gasteiger partial charge in [-0.3, -0.25) is 4.79 Å². The highest BCUT2D eigenvalue weighted by Crippen LogP contribution is 2.25. The highest BCUT2D eigenvalue weighted by Gasteiger charge is 2.22. The van der Waals surface area contributed by atoms with Crippen LogP contribution in [0.25, 0.3) is 10.8 Å². The number of rotatable bonds is 5. The van der Waals surface area contributed by atoms with Crippen LogP contribution < -0.4 is 5.32 Å². The Morgan fingerprint density at radius 2 is 2.23 bits per heavy atom. The molecule has 118 valence electrons. The van der Waals surface area contributed by atoms with Gasteiger partial charge in [-0.1, -0.05) is 6.07 Å². The van der Waals surface area contributed by atoms with Crippen molar-refractivity contribution in [1.82, 2.24) is 10.3 Å². The van der Waals surface area contributed by atoms with E-state index in [2.05, 4.69) is 10.3 Å². The molecule has 0 unspecified atom stereocenters. The second kappa shape index (κ2) is 7.07. The third kappa shape index (κ3) is 3.75. The molecule has 6 heteroatoms. The van der Waals surface area contributed by atoms with E-state index in [-0.39, 0.29) is 25.0 Å². The molecule has 2 aromatic rings. The molecule has 0 aliphatic heterocycles. The number of nitrogens with zero attached hydrogens (tertiary/aromatic N) is 1. The Morgan fingerprint density at radius 3 is 2.91 bits per heavy atom. The van der Waals surface area contributed by atoms with E-state index in [1.807, 2.05) is 17.5 Å². The molecule has 1 aliphatic rings. The van der Waals surface area contributed by atoms with Crippen molar-refractivity contribution in [2.45, 2.75) is 38.1 Å². The molecule has 1 fully saturated rings. The molecule has 0 atom stereocenters. The number of thiophene rings is 1. The van der Waals surface area contributed by atoms with E-state index in [1.54, 1.807) is 17.6 Å². The van der Waals surface area contributed by atoms with E-state index in [4.69, 9.17) is 9.52 Å². The Morgan fingerprint density at radius 1 is 1.41 bits per heavy atom. The molecule has 2 N–H and O–H groups in total. The van der Waals surface area contributed by atoms with E-state index >= 15 is 0 Å². The fourth-order valence-corrected chi connectivity index (χ4v) is 3.49. The predicted octanol–water partition coefficient (Wildman–Crippen LogP) is 2.61. The van der Waals surface area contributed by atoms with Crippen molar-refractivity contribution in [2.24, 2.45) is 5.92 Å². The standard InChI is InChI=1S/C16H20N2O3S/c19-9-11-3-5-12(6-4-11)17-15(20)8-13-10-21-16(18-13)14-2-1-7-22-14/h1-2,7,10-12,19H,3-6,8-9H2,(H,17,20). The van der Waals surface area contributed by atoms with Gasteiger partial charge in [0.25, 0.3) is 0 Å². The van der Waals surface area contributed by atoms with Crippen molar-refractivity contribution in [3.05, 3.63) is 29.5 Å². The number of carbonyl (C=O) groups is 1. The van der Waals surface area contributed by atoms with Crippen LogP contribution in [0.5, 0.6) is 0 Å². The van der Waals surface area contributed by atoms with Crippen LogP contribution in [-0.2, 0) is 11.2 Å². The molecule has 22 heavy (non-hydrogen) atoms. The van der Waals surface area contributed by atoms with Gasteiger partial charge in [0.05, 0.1) is 17.0 Å². The summed E-state index contributed by atoms with van der Waals surface area (Å²) in [6.07, 6.45) is 5.64. The van der Waals surface area contributed by atoms with E-state index in [0.29, 0.717) is 17.5 Å². The van der Waals surface area contributed by atoms with Gasteiger partial charge < -0.3 is 14.8 Å². The Balaban J connectivity index is 1.50. The summed E-state index contributed by atoms with van der Waals surface area (Å²) in [4.78, 5) is 17.4. The van der Waals surface area contributed by atoms with E-state index in [1.165, 1.54) is 0 Å². The van der Waals surface area contributed by atoms with Crippen LogP contribution in [0.3, 0.4) is 0 Å². The van der Waals surface area contributed by atoms with Gasteiger partial charge in [0.15, 0.2) is 0 Å². The van der Waals surface area contributed by atoms with Crippen molar-refractivity contribution in [1.29, 1.82) is 0 Å². The Hall–Kier alpha value is -1.66. The molecule has 2 heterocycles. The summed E-state index contributed by atoms with van der Waals surface area (Å²) in [5.41, 5.74) is 0.657. The lowest BCUT2D eigenvalue weighted by molar-refractivity contribution is -0.121. The number of aromatic nitrogens is 1. The minimum Gasteiger partial charge on any atom is -0.444 e. The molecule has 1 amide bonds. The van der Waals surface area contributed by atoms with Crippen molar-refractivity contribution in [3.63, 3.8) is 0 Å². The molecule has 2 aromatic heterocycles. The lowest BCUT2D eigenvalue weighted by Crippen LogP contribution is -2.38. The lowest BCUT2D eigenvalue weighted by atomic mass is 9.86. The summed E-state index contributed by atoms with van der Waals surface area (Å²) in [7, 11) is 0. The highest BCUT2D eigenvalue weighted by atomic mass is 32.1. The molecule has 0 saturated heterocycles. The molecule has 3 rings (SSSR count). The number of oxazole rings is 1. The quantitative estimate of drug-likeness (QED) is 0.888. The van der Waals surface area contributed by atoms with Crippen LogP contribution in [0.2, 0.25) is 0 Å². The van der Waals surface area contributed by atoms with E-state index in [0.717, 1.165) is 30.6 Å². The summed E-state index contributed by atoms with van der Waals surface area (Å²) >= 11 is 1.56. The predicted molar refractivity (Wildman–Crippen MR) is 84.5 cm³/mol. The molecule has 0 bridgehead atoms. The average molecular weight is 320 g/mol. The maximum absolute atomic E-state index is 12.1. The molecule has 1 saturated carbocycles. The number of nitrogens with one attached hydrogen (secondary N) is 1. The zero-order valence-corrected chi connectivity index (χ0v) is 13.1. The first-order valence-electron chi connectivity index (χ1n) is 7.63. The van der Waals surface area contributed by atoms with E-state index < -0.39 is 0 Å².